The molecular formula is C5H12BF4NO3. The van der Waals surface area contributed by atoms with Crippen LogP contribution in [-0.4, -0.2) is 24.0 Å². The van der Waals surface area contributed by atoms with Gasteiger partial charge in [-0.05, 0) is 6.42 Å². The second kappa shape index (κ2) is 9.19. The van der Waals surface area contributed by atoms with E-state index in [1.807, 2.05) is 6.92 Å². The molecule has 0 aliphatic heterocycles. The van der Waals surface area contributed by atoms with Crippen LogP contribution >= 0.6 is 0 Å². The van der Waals surface area contributed by atoms with E-state index < -0.39 is 19.0 Å². The molecule has 4 nitrogen and oxygen atoms in total. The lowest BCUT2D eigenvalue weighted by Gasteiger charge is -1.97. The van der Waals surface area contributed by atoms with Gasteiger partial charge in [-0.3, -0.25) is 0 Å². The first-order chi connectivity index (χ1) is 6.33. The topological polar surface area (TPSA) is 52.5 Å². The first kappa shape index (κ1) is 16.1. The lowest BCUT2D eigenvalue weighted by molar-refractivity contribution is -1.27. The van der Waals surface area contributed by atoms with Crippen molar-refractivity contribution < 1.29 is 38.0 Å². The standard InChI is InChI=1S/C5H11F3N.BFHO3/c1-2-3-4-5-9(6,7)8;2-5-1(3)4/h2-5H2,1H3;3H/q+1;-1. The fraction of sp³-hybridized carbons (Fsp3) is 1.00. The van der Waals surface area contributed by atoms with Crippen LogP contribution in [0.3, 0.4) is 0 Å². The highest BCUT2D eigenvalue weighted by atomic mass is 19.6. The third kappa shape index (κ3) is 22.6. The number of halogens is 4. The van der Waals surface area contributed by atoms with Crippen LogP contribution < -0.4 is 5.02 Å². The molecule has 0 bridgehead atoms. The fourth-order valence-corrected chi connectivity index (χ4v) is 0.541. The van der Waals surface area contributed by atoms with Gasteiger partial charge < -0.3 is 10.0 Å². The van der Waals surface area contributed by atoms with Gasteiger partial charge in [0.15, 0.2) is 6.54 Å². The first-order valence-electron chi connectivity index (χ1n) is 3.91. The van der Waals surface area contributed by atoms with Gasteiger partial charge in [0.05, 0.1) is 13.4 Å². The van der Waals surface area contributed by atoms with Gasteiger partial charge >= 0.3 is 7.32 Å². The maximum atomic E-state index is 11.3. The van der Waals surface area contributed by atoms with E-state index in [0.29, 0.717) is 6.42 Å². The van der Waals surface area contributed by atoms with Crippen molar-refractivity contribution >= 4 is 7.32 Å². The molecule has 0 fully saturated rings. The summed E-state index contributed by atoms with van der Waals surface area (Å²) >= 11 is 0. The third-order valence-electron chi connectivity index (χ3n) is 1.09. The van der Waals surface area contributed by atoms with Gasteiger partial charge in [-0.1, -0.05) is 17.9 Å². The van der Waals surface area contributed by atoms with Crippen LogP contribution in [0.1, 0.15) is 26.2 Å². The normalized spacial score (nSPS) is 10.5. The lowest BCUT2D eigenvalue weighted by atomic mass is 10.2. The molecule has 0 unspecified atom stereocenters. The summed E-state index contributed by atoms with van der Waals surface area (Å²) in [6.07, 6.45) is 1.75. The Labute approximate surface area is 79.2 Å². The SMILES string of the molecule is CCCCC[N+](F)(F)F.[O-]B(O)OF. The molecule has 0 saturated heterocycles. The molecule has 0 heterocycles. The van der Waals surface area contributed by atoms with Crippen LogP contribution in [0.5, 0.6) is 0 Å². The zero-order valence-electron chi connectivity index (χ0n) is 7.63. The van der Waals surface area contributed by atoms with E-state index in [4.69, 9.17) is 10.0 Å². The predicted molar refractivity (Wildman–Crippen MR) is 38.1 cm³/mol. The number of nitrogens with zero attached hydrogens (tertiary/aromatic N) is 1. The predicted octanol–water partition coefficient (Wildman–Crippen LogP) is 0.872. The van der Waals surface area contributed by atoms with Crippen molar-refractivity contribution in [2.75, 3.05) is 6.54 Å². The highest BCUT2D eigenvalue weighted by Gasteiger charge is 2.28. The van der Waals surface area contributed by atoms with Crippen LogP contribution in [0.4, 0.5) is 18.0 Å². The van der Waals surface area contributed by atoms with Gasteiger partial charge in [-0.15, -0.1) is 0 Å². The van der Waals surface area contributed by atoms with E-state index in [2.05, 4.69) is 4.86 Å². The van der Waals surface area contributed by atoms with Crippen LogP contribution in [0.2, 0.25) is 0 Å². The Morgan fingerprint density at radius 1 is 1.36 bits per heavy atom. The quantitative estimate of drug-likeness (QED) is 0.324. The van der Waals surface area contributed by atoms with E-state index in [0.717, 1.165) is 6.42 Å². The molecule has 0 radical (unpaired) electrons. The molecule has 0 rings (SSSR count). The summed E-state index contributed by atoms with van der Waals surface area (Å²) in [6.45, 7) is 1.19. The van der Waals surface area contributed by atoms with Gasteiger partial charge in [0.2, 0.25) is 5.15 Å². The zero-order chi connectivity index (χ0) is 11.6. The second-order valence-corrected chi connectivity index (χ2v) is 2.38. The van der Waals surface area contributed by atoms with E-state index in [1.165, 1.54) is 0 Å². The Morgan fingerprint density at radius 2 is 1.79 bits per heavy atom. The molecule has 1 N–H and O–H groups in total. The van der Waals surface area contributed by atoms with Gasteiger partial charge in [0, 0.05) is 6.42 Å². The molecule has 0 aliphatic carbocycles. The maximum absolute atomic E-state index is 11.3. The molecule has 0 saturated carbocycles. The Morgan fingerprint density at radius 3 is 2.00 bits per heavy atom. The minimum Gasteiger partial charge on any atom is -0.830 e. The van der Waals surface area contributed by atoms with Crippen LogP contribution in [0.15, 0.2) is 0 Å². The van der Waals surface area contributed by atoms with Crippen molar-refractivity contribution in [1.29, 1.82) is 0 Å². The Kier molecular flexibility index (Phi) is 10.5. The van der Waals surface area contributed by atoms with E-state index >= 15 is 0 Å². The number of quaternary nitrogens is 1. The van der Waals surface area contributed by atoms with Crippen molar-refractivity contribution in [3.05, 3.63) is 0 Å². The fourth-order valence-electron chi connectivity index (χ4n) is 0.541. The van der Waals surface area contributed by atoms with Crippen molar-refractivity contribution in [3.63, 3.8) is 0 Å². The van der Waals surface area contributed by atoms with E-state index in [9.17, 15) is 18.0 Å². The van der Waals surface area contributed by atoms with Crippen molar-refractivity contribution in [1.82, 2.24) is 0 Å². The molecule has 0 atom stereocenters. The molecule has 0 aromatic heterocycles. The summed E-state index contributed by atoms with van der Waals surface area (Å²) in [5, 5.41) is 12.7. The smallest absolute Gasteiger partial charge is 0.394 e. The number of rotatable bonds is 5. The zero-order valence-corrected chi connectivity index (χ0v) is 7.63. The van der Waals surface area contributed by atoms with Gasteiger partial charge in [0.25, 0.3) is 0 Å². The van der Waals surface area contributed by atoms with Gasteiger partial charge in [-0.2, -0.15) is 0 Å². The van der Waals surface area contributed by atoms with Crippen molar-refractivity contribution in [3.8, 4) is 0 Å². The Bertz CT molecular complexity index is 124. The molecule has 14 heavy (non-hydrogen) atoms. The lowest BCUT2D eigenvalue weighted by Crippen LogP contribution is -2.31. The average molecular weight is 221 g/mol. The minimum atomic E-state index is -3.39. The summed E-state index contributed by atoms with van der Waals surface area (Å²) in [5.74, 6) is 0. The molecule has 0 aromatic carbocycles. The molecular weight excluding hydrogens is 209 g/mol. The summed E-state index contributed by atoms with van der Waals surface area (Å²) in [7, 11) is -2.53. The van der Waals surface area contributed by atoms with E-state index in [-0.39, 0.29) is 6.42 Å². The van der Waals surface area contributed by atoms with Crippen LogP contribution in [0.25, 0.3) is 0 Å². The molecule has 0 aliphatic rings. The maximum Gasteiger partial charge on any atom is 0.394 e. The highest BCUT2D eigenvalue weighted by Crippen LogP contribution is 2.12. The number of unbranched alkanes of at least 4 members (excludes halogenated alkanes) is 2. The largest absolute Gasteiger partial charge is 0.830 e. The third-order valence-corrected chi connectivity index (χ3v) is 1.09. The average Bonchev–Trinajstić information content (AvgIpc) is 2.04. The Balaban J connectivity index is 0. The van der Waals surface area contributed by atoms with Crippen molar-refractivity contribution in [2.24, 2.45) is 0 Å². The monoisotopic (exact) mass is 221 g/mol. The molecule has 86 valence electrons. The van der Waals surface area contributed by atoms with E-state index in [1.54, 1.807) is 0 Å². The molecule has 0 aromatic rings. The second-order valence-electron chi connectivity index (χ2n) is 2.38. The van der Waals surface area contributed by atoms with Crippen LogP contribution in [-0.2, 0) is 4.86 Å². The minimum absolute atomic E-state index is 0.250. The van der Waals surface area contributed by atoms with Crippen molar-refractivity contribution in [2.45, 2.75) is 26.2 Å². The summed E-state index contributed by atoms with van der Waals surface area (Å²) < 4.78 is 44.0. The summed E-state index contributed by atoms with van der Waals surface area (Å²) in [5.41, 5.74) is 0. The number of hydrogen-bond donors (Lipinski definition) is 1. The summed E-state index contributed by atoms with van der Waals surface area (Å²) in [4.78, 5) is 2.25. The first-order valence-corrected chi connectivity index (χ1v) is 3.91. The molecule has 0 spiro atoms. The van der Waals surface area contributed by atoms with Crippen LogP contribution in [0, 0.1) is 0 Å². The summed E-state index contributed by atoms with van der Waals surface area (Å²) in [6, 6.07) is 0. The molecule has 0 amide bonds. The van der Waals surface area contributed by atoms with Gasteiger partial charge in [0.1, 0.15) is 0 Å². The number of hydrogen-bond acceptors (Lipinski definition) is 3. The molecule has 9 heteroatoms. The highest BCUT2D eigenvalue weighted by molar-refractivity contribution is 6.30. The Hall–Kier alpha value is -0.375. The van der Waals surface area contributed by atoms with Gasteiger partial charge in [-0.25, -0.2) is 4.86 Å².